The largest absolute Gasteiger partial charge is 0.492 e. The number of carboxylic acid groups (broad SMARTS) is 1. The summed E-state index contributed by atoms with van der Waals surface area (Å²) in [6.07, 6.45) is 2.51. The number of nitrogens with zero attached hydrogens (tertiary/aromatic N) is 1. The van der Waals surface area contributed by atoms with E-state index in [-0.39, 0.29) is 5.56 Å². The number of hydrogen-bond acceptors (Lipinski definition) is 3. The molecule has 120 valence electrons. The van der Waals surface area contributed by atoms with Crippen LogP contribution in [0.2, 0.25) is 0 Å². The molecule has 0 amide bonds. The zero-order valence-corrected chi connectivity index (χ0v) is 13.1. The third-order valence-corrected chi connectivity index (χ3v) is 4.18. The highest BCUT2D eigenvalue weighted by molar-refractivity contribution is 5.98. The minimum atomic E-state index is -0.936. The fourth-order valence-corrected chi connectivity index (χ4v) is 3.02. The third-order valence-electron chi connectivity index (χ3n) is 4.18. The Morgan fingerprint density at radius 2 is 1.78 bits per heavy atom. The number of aromatic carboxylic acids is 1. The molecule has 0 unspecified atom stereocenters. The number of carbonyl (C=O) groups is 1. The lowest BCUT2D eigenvalue weighted by molar-refractivity contribution is 0.0697. The second-order valence-electron chi connectivity index (χ2n) is 5.75. The highest BCUT2D eigenvalue weighted by Gasteiger charge is 2.17. The molecule has 0 atom stereocenters. The van der Waals surface area contributed by atoms with Gasteiger partial charge in [0.05, 0.1) is 5.56 Å². The number of hydrogen-bond donors (Lipinski definition) is 1. The maximum atomic E-state index is 11.6. The zero-order chi connectivity index (χ0) is 16.1. The zero-order valence-electron chi connectivity index (χ0n) is 13.1. The number of carboxylic acids is 1. The van der Waals surface area contributed by atoms with Crippen LogP contribution in [0.25, 0.3) is 11.1 Å². The van der Waals surface area contributed by atoms with E-state index in [4.69, 9.17) is 4.74 Å². The molecule has 0 radical (unpaired) electrons. The Balaban J connectivity index is 1.83. The Hall–Kier alpha value is -2.33. The highest BCUT2D eigenvalue weighted by Crippen LogP contribution is 2.33. The fourth-order valence-electron chi connectivity index (χ4n) is 3.02. The molecule has 2 aromatic carbocycles. The first kappa shape index (κ1) is 15.6. The molecule has 4 heteroatoms. The van der Waals surface area contributed by atoms with Gasteiger partial charge in [0.1, 0.15) is 12.4 Å². The molecule has 1 fully saturated rings. The van der Waals surface area contributed by atoms with Crippen molar-refractivity contribution >= 4 is 5.97 Å². The van der Waals surface area contributed by atoms with Crippen LogP contribution in [0.3, 0.4) is 0 Å². The van der Waals surface area contributed by atoms with E-state index >= 15 is 0 Å². The molecule has 0 bridgehead atoms. The van der Waals surface area contributed by atoms with Gasteiger partial charge in [0.25, 0.3) is 0 Å². The van der Waals surface area contributed by atoms with Gasteiger partial charge in [-0.15, -0.1) is 0 Å². The predicted molar refractivity (Wildman–Crippen MR) is 90.0 cm³/mol. The maximum Gasteiger partial charge on any atom is 0.336 e. The number of benzene rings is 2. The molecule has 0 aliphatic carbocycles. The van der Waals surface area contributed by atoms with Crippen LogP contribution in [-0.2, 0) is 0 Å². The van der Waals surface area contributed by atoms with Crippen LogP contribution >= 0.6 is 0 Å². The van der Waals surface area contributed by atoms with Crippen LogP contribution in [0.4, 0.5) is 0 Å². The first-order valence-corrected chi connectivity index (χ1v) is 8.02. The van der Waals surface area contributed by atoms with Crippen molar-refractivity contribution < 1.29 is 14.6 Å². The molecule has 1 N–H and O–H groups in total. The van der Waals surface area contributed by atoms with Gasteiger partial charge in [-0.25, -0.2) is 4.79 Å². The van der Waals surface area contributed by atoms with E-state index in [1.54, 1.807) is 12.1 Å². The quantitative estimate of drug-likeness (QED) is 0.886. The predicted octanol–water partition coefficient (Wildman–Crippen LogP) is 3.53. The summed E-state index contributed by atoms with van der Waals surface area (Å²) >= 11 is 0. The Morgan fingerprint density at radius 3 is 2.48 bits per heavy atom. The van der Waals surface area contributed by atoms with Crippen molar-refractivity contribution in [2.24, 2.45) is 0 Å². The van der Waals surface area contributed by atoms with Gasteiger partial charge in [0.15, 0.2) is 0 Å². The molecule has 0 aromatic heterocycles. The van der Waals surface area contributed by atoms with Gasteiger partial charge in [0, 0.05) is 12.1 Å². The summed E-state index contributed by atoms with van der Waals surface area (Å²) in [6, 6.07) is 14.8. The van der Waals surface area contributed by atoms with Crippen LogP contribution in [0.1, 0.15) is 23.2 Å². The topological polar surface area (TPSA) is 49.8 Å². The lowest BCUT2D eigenvalue weighted by Gasteiger charge is -2.17. The van der Waals surface area contributed by atoms with Gasteiger partial charge in [0.2, 0.25) is 0 Å². The van der Waals surface area contributed by atoms with E-state index in [0.717, 1.165) is 25.2 Å². The van der Waals surface area contributed by atoms with Crippen LogP contribution < -0.4 is 4.74 Å². The second kappa shape index (κ2) is 7.29. The third kappa shape index (κ3) is 3.71. The van der Waals surface area contributed by atoms with Gasteiger partial charge >= 0.3 is 5.97 Å². The van der Waals surface area contributed by atoms with Crippen LogP contribution in [0.5, 0.6) is 5.75 Å². The van der Waals surface area contributed by atoms with Crippen molar-refractivity contribution in [1.82, 2.24) is 4.90 Å². The van der Waals surface area contributed by atoms with Crippen molar-refractivity contribution in [3.8, 4) is 16.9 Å². The fraction of sp³-hybridized carbons (Fsp3) is 0.316. The van der Waals surface area contributed by atoms with E-state index in [0.29, 0.717) is 17.9 Å². The molecule has 0 spiro atoms. The molecule has 0 saturated carbocycles. The summed E-state index contributed by atoms with van der Waals surface area (Å²) in [5.74, 6) is -0.302. The average molecular weight is 311 g/mol. The highest BCUT2D eigenvalue weighted by atomic mass is 16.5. The normalized spacial score (nSPS) is 14.8. The SMILES string of the molecule is O=C(O)c1cccc(OCCN2CCCC2)c1-c1ccccc1. The molecule has 1 aliphatic heterocycles. The molecule has 1 saturated heterocycles. The minimum Gasteiger partial charge on any atom is -0.492 e. The van der Waals surface area contributed by atoms with Gasteiger partial charge in [-0.05, 0) is 43.6 Å². The van der Waals surface area contributed by atoms with E-state index in [2.05, 4.69) is 4.90 Å². The molecular weight excluding hydrogens is 290 g/mol. The first-order valence-electron chi connectivity index (χ1n) is 8.02. The summed E-state index contributed by atoms with van der Waals surface area (Å²) < 4.78 is 5.94. The Morgan fingerprint density at radius 1 is 1.04 bits per heavy atom. The summed E-state index contributed by atoms with van der Waals surface area (Å²) in [7, 11) is 0. The monoisotopic (exact) mass is 311 g/mol. The molecule has 2 aromatic rings. The first-order chi connectivity index (χ1) is 11.3. The van der Waals surface area contributed by atoms with Crippen molar-refractivity contribution in [3.63, 3.8) is 0 Å². The lowest BCUT2D eigenvalue weighted by atomic mass is 9.98. The van der Waals surface area contributed by atoms with Crippen molar-refractivity contribution in [2.75, 3.05) is 26.2 Å². The van der Waals surface area contributed by atoms with E-state index in [9.17, 15) is 9.90 Å². The van der Waals surface area contributed by atoms with E-state index < -0.39 is 5.97 Å². The Kier molecular flexibility index (Phi) is 4.93. The summed E-state index contributed by atoms with van der Waals surface area (Å²) in [5, 5.41) is 9.49. The Labute approximate surface area is 136 Å². The van der Waals surface area contributed by atoms with E-state index in [1.807, 2.05) is 36.4 Å². The summed E-state index contributed by atoms with van der Waals surface area (Å²) in [5.41, 5.74) is 1.79. The summed E-state index contributed by atoms with van der Waals surface area (Å²) in [6.45, 7) is 3.71. The van der Waals surface area contributed by atoms with Gasteiger partial charge in [-0.3, -0.25) is 4.90 Å². The van der Waals surface area contributed by atoms with Crippen molar-refractivity contribution in [1.29, 1.82) is 0 Å². The van der Waals surface area contributed by atoms with Crippen molar-refractivity contribution in [3.05, 3.63) is 54.1 Å². The van der Waals surface area contributed by atoms with Crippen LogP contribution in [0, 0.1) is 0 Å². The molecule has 4 nitrogen and oxygen atoms in total. The van der Waals surface area contributed by atoms with Gasteiger partial charge in [-0.2, -0.15) is 0 Å². The van der Waals surface area contributed by atoms with Gasteiger partial charge < -0.3 is 9.84 Å². The smallest absolute Gasteiger partial charge is 0.336 e. The average Bonchev–Trinajstić information content (AvgIpc) is 3.09. The number of rotatable bonds is 6. The van der Waals surface area contributed by atoms with E-state index in [1.165, 1.54) is 12.8 Å². The summed E-state index contributed by atoms with van der Waals surface area (Å²) in [4.78, 5) is 13.9. The molecule has 1 heterocycles. The Bertz CT molecular complexity index is 664. The standard InChI is InChI=1S/C19H21NO3/c21-19(22)16-9-6-10-17(18(16)15-7-2-1-3-8-15)23-14-13-20-11-4-5-12-20/h1-3,6-10H,4-5,11-14H2,(H,21,22). The molecule has 3 rings (SSSR count). The lowest BCUT2D eigenvalue weighted by Crippen LogP contribution is -2.25. The molecular formula is C19H21NO3. The maximum absolute atomic E-state index is 11.6. The molecule has 23 heavy (non-hydrogen) atoms. The second-order valence-corrected chi connectivity index (χ2v) is 5.75. The van der Waals surface area contributed by atoms with Crippen LogP contribution in [0.15, 0.2) is 48.5 Å². The minimum absolute atomic E-state index is 0.273. The van der Waals surface area contributed by atoms with Crippen LogP contribution in [-0.4, -0.2) is 42.2 Å². The number of ether oxygens (including phenoxy) is 1. The van der Waals surface area contributed by atoms with Crippen molar-refractivity contribution in [2.45, 2.75) is 12.8 Å². The molecule has 1 aliphatic rings. The van der Waals surface area contributed by atoms with Gasteiger partial charge in [-0.1, -0.05) is 36.4 Å². The number of likely N-dealkylation sites (tertiary alicyclic amines) is 1.